The molecule has 3 N–H and O–H groups in total. The van der Waals surface area contributed by atoms with Gasteiger partial charge in [0.1, 0.15) is 16.5 Å². The summed E-state index contributed by atoms with van der Waals surface area (Å²) in [5.41, 5.74) is -0.594. The predicted octanol–water partition coefficient (Wildman–Crippen LogP) is 4.11. The van der Waals surface area contributed by atoms with Crippen LogP contribution in [0, 0.1) is 11.6 Å². The zero-order valence-corrected chi connectivity index (χ0v) is 24.6. The van der Waals surface area contributed by atoms with Gasteiger partial charge >= 0.3 is 11.7 Å². The summed E-state index contributed by atoms with van der Waals surface area (Å²) in [6.07, 6.45) is -2.70. The molecule has 2 aromatic carbocycles. The van der Waals surface area contributed by atoms with Crippen molar-refractivity contribution < 1.29 is 27.1 Å². The fraction of sp³-hybridized carbons (Fsp3) is 0.207. The minimum Gasteiger partial charge on any atom is -0.480 e. The maximum Gasteiger partial charge on any atom is 0.338 e. The van der Waals surface area contributed by atoms with Crippen LogP contribution in [-0.2, 0) is 13.1 Å². The van der Waals surface area contributed by atoms with Crippen LogP contribution in [0.1, 0.15) is 11.1 Å². The summed E-state index contributed by atoms with van der Waals surface area (Å²) in [5.74, 6) is -1.73. The maximum absolute atomic E-state index is 14.8. The van der Waals surface area contributed by atoms with Crippen LogP contribution < -0.4 is 31.9 Å². The van der Waals surface area contributed by atoms with Crippen LogP contribution in [0.15, 0.2) is 64.2 Å². The van der Waals surface area contributed by atoms with Crippen LogP contribution >= 0.6 is 11.3 Å². The molecule has 0 aliphatic rings. The van der Waals surface area contributed by atoms with Gasteiger partial charge in [-0.15, -0.1) is 21.5 Å². The number of rotatable bonds is 10. The van der Waals surface area contributed by atoms with Gasteiger partial charge in [0.25, 0.3) is 12.0 Å². The van der Waals surface area contributed by atoms with Crippen molar-refractivity contribution in [3.8, 4) is 22.1 Å². The Bertz CT molecular complexity index is 1960. The van der Waals surface area contributed by atoms with Gasteiger partial charge in [-0.2, -0.15) is 0 Å². The smallest absolute Gasteiger partial charge is 0.338 e. The zero-order valence-electron chi connectivity index (χ0n) is 23.7. The van der Waals surface area contributed by atoms with Crippen molar-refractivity contribution in [2.75, 3.05) is 26.0 Å². The molecule has 0 spiro atoms. The van der Waals surface area contributed by atoms with E-state index in [9.17, 15) is 31.9 Å². The number of anilines is 1. The van der Waals surface area contributed by atoms with Crippen molar-refractivity contribution in [1.82, 2.24) is 30.0 Å². The molecule has 2 amide bonds. The number of fused-ring (bicyclic) bond motifs is 1. The molecule has 0 aliphatic carbocycles. The highest BCUT2D eigenvalue weighted by atomic mass is 32.1. The van der Waals surface area contributed by atoms with Gasteiger partial charge in [-0.1, -0.05) is 18.2 Å². The van der Waals surface area contributed by atoms with E-state index in [0.29, 0.717) is 21.7 Å². The molecule has 0 bridgehead atoms. The normalized spacial score (nSPS) is 11.3. The number of urea groups is 1. The highest BCUT2D eigenvalue weighted by Gasteiger charge is 2.25. The van der Waals surface area contributed by atoms with Crippen molar-refractivity contribution in [2.45, 2.75) is 19.5 Å². The molecule has 0 saturated heterocycles. The number of hydrogen-bond donors (Lipinski definition) is 3. The van der Waals surface area contributed by atoms with E-state index in [-0.39, 0.29) is 34.0 Å². The summed E-state index contributed by atoms with van der Waals surface area (Å²) in [4.78, 5) is 40.6. The summed E-state index contributed by atoms with van der Waals surface area (Å²) in [5, 5.41) is 15.5. The first-order valence-electron chi connectivity index (χ1n) is 13.3. The Morgan fingerprint density at radius 2 is 1.71 bits per heavy atom. The molecule has 3 heterocycles. The number of thiophene rings is 1. The molecule has 16 heteroatoms. The van der Waals surface area contributed by atoms with Crippen molar-refractivity contribution in [1.29, 1.82) is 0 Å². The Hall–Kier alpha value is -5.09. The van der Waals surface area contributed by atoms with Gasteiger partial charge in [0.15, 0.2) is 5.82 Å². The number of carbonyl (C=O) groups excluding carboxylic acids is 1. The van der Waals surface area contributed by atoms with Crippen LogP contribution in [0.2, 0.25) is 0 Å². The first-order valence-corrected chi connectivity index (χ1v) is 14.1. The van der Waals surface area contributed by atoms with Gasteiger partial charge in [0, 0.05) is 28.7 Å². The van der Waals surface area contributed by atoms with E-state index in [1.54, 1.807) is 19.2 Å². The Labute approximate surface area is 256 Å². The van der Waals surface area contributed by atoms with E-state index in [2.05, 4.69) is 20.8 Å². The molecule has 0 atom stereocenters. The summed E-state index contributed by atoms with van der Waals surface area (Å²) in [7, 11) is 3.04. The number of hydrogen-bond acceptors (Lipinski definition) is 8. The molecule has 0 fully saturated rings. The summed E-state index contributed by atoms with van der Waals surface area (Å²) in [6.45, 7) is -1.18. The molecule has 0 unspecified atom stereocenters. The van der Waals surface area contributed by atoms with Gasteiger partial charge < -0.3 is 20.7 Å². The molecule has 0 radical (unpaired) electrons. The van der Waals surface area contributed by atoms with Gasteiger partial charge in [0.05, 0.1) is 25.6 Å². The van der Waals surface area contributed by atoms with Crippen LogP contribution in [0.3, 0.4) is 0 Å². The number of alkyl halides is 2. The highest BCUT2D eigenvalue weighted by Crippen LogP contribution is 2.38. The molecular formula is C29H25F4N7O4S. The number of nitrogens with zero attached hydrogens (tertiary/aromatic N) is 4. The molecule has 0 aliphatic heterocycles. The molecule has 11 nitrogen and oxygen atoms in total. The molecule has 45 heavy (non-hydrogen) atoms. The van der Waals surface area contributed by atoms with E-state index in [1.165, 1.54) is 37.4 Å². The fourth-order valence-electron chi connectivity index (χ4n) is 4.62. The van der Waals surface area contributed by atoms with E-state index < -0.39 is 48.4 Å². The zero-order chi connectivity index (χ0) is 32.2. The van der Waals surface area contributed by atoms with Gasteiger partial charge in [-0.25, -0.2) is 31.7 Å². The lowest BCUT2D eigenvalue weighted by Crippen LogP contribution is -2.39. The van der Waals surface area contributed by atoms with Crippen molar-refractivity contribution in [3.05, 3.63) is 98.2 Å². The summed E-state index contributed by atoms with van der Waals surface area (Å²) in [6, 6.07) is 11.7. The topological polar surface area (TPSA) is 132 Å². The van der Waals surface area contributed by atoms with Crippen LogP contribution in [0.5, 0.6) is 5.88 Å². The van der Waals surface area contributed by atoms with E-state index in [1.807, 2.05) is 5.32 Å². The minimum absolute atomic E-state index is 0.117. The third-order valence-corrected chi connectivity index (χ3v) is 7.99. The monoisotopic (exact) mass is 643 g/mol. The van der Waals surface area contributed by atoms with E-state index in [4.69, 9.17) is 4.74 Å². The van der Waals surface area contributed by atoms with Crippen molar-refractivity contribution >= 4 is 33.3 Å². The lowest BCUT2D eigenvalue weighted by Gasteiger charge is -2.13. The average Bonchev–Trinajstić information content (AvgIpc) is 3.39. The standard InChI is InChI=1S/C29H25F4N7O4S/c1-34-12-17-24-26(41)40(22-10-11-23(44-2)38-37-22)29(43)39(14-18-19(30)4-3-5-20(18)31)27(24)45-25(17)15-6-8-16(9-7-15)36-28(42)35-13-21(32)33/h3-11,21,34H,12-14H2,1-2H3,(H2,35,36,42). The van der Waals surface area contributed by atoms with Gasteiger partial charge in [-0.3, -0.25) is 9.36 Å². The first-order chi connectivity index (χ1) is 21.6. The maximum atomic E-state index is 14.8. The van der Waals surface area contributed by atoms with Crippen LogP contribution in [-0.4, -0.2) is 52.5 Å². The van der Waals surface area contributed by atoms with Gasteiger partial charge in [-0.05, 0) is 48.5 Å². The molecule has 234 valence electrons. The molecule has 3 aromatic heterocycles. The second kappa shape index (κ2) is 13.3. The molecule has 0 saturated carbocycles. The number of aromatic nitrogens is 4. The quantitative estimate of drug-likeness (QED) is 0.195. The number of methoxy groups -OCH3 is 1. The fourth-order valence-corrected chi connectivity index (χ4v) is 5.93. The second-order valence-electron chi connectivity index (χ2n) is 9.57. The lowest BCUT2D eigenvalue weighted by molar-refractivity contribution is 0.148. The SMILES string of the molecule is CNCc1c(-c2ccc(NC(=O)NCC(F)F)cc2)sc2c1c(=O)n(-c1ccc(OC)nn1)c(=O)n2Cc1c(F)cccc1F. The average molecular weight is 644 g/mol. The second-order valence-corrected chi connectivity index (χ2v) is 10.6. The molecular weight excluding hydrogens is 618 g/mol. The summed E-state index contributed by atoms with van der Waals surface area (Å²) >= 11 is 1.07. The first kappa shape index (κ1) is 31.3. The number of amides is 2. The van der Waals surface area contributed by atoms with Gasteiger partial charge in [0.2, 0.25) is 5.88 Å². The van der Waals surface area contributed by atoms with E-state index >= 15 is 0 Å². The van der Waals surface area contributed by atoms with Crippen LogP contribution in [0.4, 0.5) is 28.0 Å². The Kier molecular flexibility index (Phi) is 9.24. The highest BCUT2D eigenvalue weighted by molar-refractivity contribution is 7.22. The third kappa shape index (κ3) is 6.41. The largest absolute Gasteiger partial charge is 0.480 e. The van der Waals surface area contributed by atoms with Crippen LogP contribution in [0.25, 0.3) is 26.5 Å². The number of nitrogens with one attached hydrogen (secondary N) is 3. The van der Waals surface area contributed by atoms with Crippen molar-refractivity contribution in [3.63, 3.8) is 0 Å². The third-order valence-electron chi connectivity index (χ3n) is 6.69. The van der Waals surface area contributed by atoms with Crippen molar-refractivity contribution in [2.24, 2.45) is 0 Å². The number of benzene rings is 2. The lowest BCUT2D eigenvalue weighted by atomic mass is 10.1. The number of carbonyl (C=O) groups is 1. The Morgan fingerprint density at radius 3 is 2.31 bits per heavy atom. The minimum atomic E-state index is -2.70. The Morgan fingerprint density at radius 1 is 1.00 bits per heavy atom. The molecule has 5 rings (SSSR count). The summed E-state index contributed by atoms with van der Waals surface area (Å²) < 4.78 is 61.4. The predicted molar refractivity (Wildman–Crippen MR) is 161 cm³/mol. The number of ether oxygens (including phenoxy) is 1. The Balaban J connectivity index is 1.70. The van der Waals surface area contributed by atoms with E-state index in [0.717, 1.165) is 32.6 Å². The number of halogens is 4. The molecule has 5 aromatic rings.